The van der Waals surface area contributed by atoms with Gasteiger partial charge in [0, 0.05) is 0 Å². The summed E-state index contributed by atoms with van der Waals surface area (Å²) in [6.45, 7) is 0.233. The molecule has 88 valence electrons. The van der Waals surface area contributed by atoms with Crippen molar-refractivity contribution in [3.63, 3.8) is 0 Å². The van der Waals surface area contributed by atoms with Gasteiger partial charge in [-0.3, -0.25) is 0 Å². The van der Waals surface area contributed by atoms with Crippen LogP contribution in [0.5, 0.6) is 0 Å². The molecule has 0 bridgehead atoms. The Morgan fingerprint density at radius 3 is 2.61 bits per heavy atom. The SMILES string of the molecule is N#Cc1cccc(C(=O)OCc2ccccc2)c1. The minimum atomic E-state index is -0.420. The molecule has 0 saturated carbocycles. The van der Waals surface area contributed by atoms with Gasteiger partial charge in [-0.2, -0.15) is 5.26 Å². The fourth-order valence-corrected chi connectivity index (χ4v) is 1.52. The maximum absolute atomic E-state index is 11.8. The monoisotopic (exact) mass is 237 g/mol. The smallest absolute Gasteiger partial charge is 0.338 e. The molecule has 2 aromatic carbocycles. The van der Waals surface area contributed by atoms with E-state index in [0.29, 0.717) is 11.1 Å². The quantitative estimate of drug-likeness (QED) is 0.771. The number of rotatable bonds is 3. The van der Waals surface area contributed by atoms with Crippen molar-refractivity contribution >= 4 is 5.97 Å². The molecule has 0 N–H and O–H groups in total. The minimum Gasteiger partial charge on any atom is -0.457 e. The number of esters is 1. The Labute approximate surface area is 105 Å². The van der Waals surface area contributed by atoms with Gasteiger partial charge in [0.1, 0.15) is 6.61 Å². The van der Waals surface area contributed by atoms with Crippen LogP contribution in [-0.4, -0.2) is 5.97 Å². The lowest BCUT2D eigenvalue weighted by molar-refractivity contribution is 0.0472. The first-order chi connectivity index (χ1) is 8.79. The molecule has 0 spiro atoms. The summed E-state index contributed by atoms with van der Waals surface area (Å²) in [4.78, 5) is 11.8. The van der Waals surface area contributed by atoms with Crippen molar-refractivity contribution in [2.75, 3.05) is 0 Å². The van der Waals surface area contributed by atoms with Crippen molar-refractivity contribution in [3.05, 3.63) is 71.3 Å². The molecule has 0 fully saturated rings. The summed E-state index contributed by atoms with van der Waals surface area (Å²) < 4.78 is 5.17. The molecule has 0 aromatic heterocycles. The highest BCUT2D eigenvalue weighted by Crippen LogP contribution is 2.08. The highest BCUT2D eigenvalue weighted by molar-refractivity contribution is 5.89. The number of nitrogens with zero attached hydrogens (tertiary/aromatic N) is 1. The van der Waals surface area contributed by atoms with Crippen LogP contribution in [0.25, 0.3) is 0 Å². The molecule has 3 nitrogen and oxygen atoms in total. The molecule has 0 amide bonds. The van der Waals surface area contributed by atoms with E-state index in [1.807, 2.05) is 36.4 Å². The van der Waals surface area contributed by atoms with E-state index in [2.05, 4.69) is 0 Å². The average Bonchev–Trinajstić information content (AvgIpc) is 2.46. The van der Waals surface area contributed by atoms with Gasteiger partial charge in [-0.1, -0.05) is 36.4 Å². The third kappa shape index (κ3) is 2.96. The number of carbonyl (C=O) groups excluding carboxylic acids is 1. The molecule has 18 heavy (non-hydrogen) atoms. The molecular formula is C15H11NO2. The molecule has 0 heterocycles. The van der Waals surface area contributed by atoms with Gasteiger partial charge in [0.15, 0.2) is 0 Å². The summed E-state index contributed by atoms with van der Waals surface area (Å²) >= 11 is 0. The Hall–Kier alpha value is -2.60. The fourth-order valence-electron chi connectivity index (χ4n) is 1.52. The van der Waals surface area contributed by atoms with Gasteiger partial charge in [-0.25, -0.2) is 4.79 Å². The molecule has 2 aromatic rings. The second kappa shape index (κ2) is 5.65. The molecule has 3 heteroatoms. The number of hydrogen-bond donors (Lipinski definition) is 0. The van der Waals surface area contributed by atoms with Crippen LogP contribution in [-0.2, 0) is 11.3 Å². The van der Waals surface area contributed by atoms with Crippen LogP contribution in [0.3, 0.4) is 0 Å². The second-order valence-electron chi connectivity index (χ2n) is 3.75. The summed E-state index contributed by atoms with van der Waals surface area (Å²) in [6, 6.07) is 17.9. The van der Waals surface area contributed by atoms with Crippen LogP contribution >= 0.6 is 0 Å². The predicted octanol–water partition coefficient (Wildman–Crippen LogP) is 2.92. The minimum absolute atomic E-state index is 0.233. The molecule has 0 radical (unpaired) electrons. The molecule has 0 unspecified atom stereocenters. The maximum Gasteiger partial charge on any atom is 0.338 e. The topological polar surface area (TPSA) is 50.1 Å². The van der Waals surface area contributed by atoms with Gasteiger partial charge < -0.3 is 4.74 Å². The average molecular weight is 237 g/mol. The summed E-state index contributed by atoms with van der Waals surface area (Å²) in [5.74, 6) is -0.420. The normalized spacial score (nSPS) is 9.50. The molecule has 0 atom stereocenters. The molecule has 0 aliphatic rings. The van der Waals surface area contributed by atoms with Crippen molar-refractivity contribution in [3.8, 4) is 6.07 Å². The van der Waals surface area contributed by atoms with Crippen LogP contribution < -0.4 is 0 Å². The number of hydrogen-bond acceptors (Lipinski definition) is 3. The Morgan fingerprint density at radius 2 is 1.89 bits per heavy atom. The number of carbonyl (C=O) groups is 1. The maximum atomic E-state index is 11.8. The van der Waals surface area contributed by atoms with E-state index in [0.717, 1.165) is 5.56 Å². The van der Waals surface area contributed by atoms with Crippen molar-refractivity contribution in [1.29, 1.82) is 5.26 Å². The lowest BCUT2D eigenvalue weighted by Gasteiger charge is -2.04. The zero-order valence-electron chi connectivity index (χ0n) is 9.67. The Morgan fingerprint density at radius 1 is 1.11 bits per heavy atom. The summed E-state index contributed by atoms with van der Waals surface area (Å²) in [5.41, 5.74) is 1.77. The van der Waals surface area contributed by atoms with Crippen molar-refractivity contribution in [2.45, 2.75) is 6.61 Å². The van der Waals surface area contributed by atoms with Crippen LogP contribution in [0.4, 0.5) is 0 Å². The van der Waals surface area contributed by atoms with Gasteiger partial charge in [0.2, 0.25) is 0 Å². The van der Waals surface area contributed by atoms with Crippen LogP contribution in [0.2, 0.25) is 0 Å². The number of nitriles is 1. The lowest BCUT2D eigenvalue weighted by atomic mass is 10.1. The molecule has 0 aliphatic carbocycles. The van der Waals surface area contributed by atoms with E-state index in [1.165, 1.54) is 6.07 Å². The highest BCUT2D eigenvalue weighted by Gasteiger charge is 2.07. The van der Waals surface area contributed by atoms with Gasteiger partial charge in [0.25, 0.3) is 0 Å². The predicted molar refractivity (Wildman–Crippen MR) is 66.7 cm³/mol. The first-order valence-corrected chi connectivity index (χ1v) is 5.51. The Kier molecular flexibility index (Phi) is 3.72. The Balaban J connectivity index is 2.02. The summed E-state index contributed by atoms with van der Waals surface area (Å²) in [7, 11) is 0. The summed E-state index contributed by atoms with van der Waals surface area (Å²) in [6.07, 6.45) is 0. The van der Waals surface area contributed by atoms with Crippen LogP contribution in [0, 0.1) is 11.3 Å². The van der Waals surface area contributed by atoms with E-state index in [4.69, 9.17) is 10.00 Å². The van der Waals surface area contributed by atoms with E-state index < -0.39 is 5.97 Å². The van der Waals surface area contributed by atoms with Gasteiger partial charge in [0.05, 0.1) is 17.2 Å². The van der Waals surface area contributed by atoms with E-state index in [1.54, 1.807) is 18.2 Å². The van der Waals surface area contributed by atoms with E-state index >= 15 is 0 Å². The zero-order chi connectivity index (χ0) is 12.8. The number of ether oxygens (including phenoxy) is 1. The van der Waals surface area contributed by atoms with E-state index in [-0.39, 0.29) is 6.61 Å². The first-order valence-electron chi connectivity index (χ1n) is 5.51. The second-order valence-corrected chi connectivity index (χ2v) is 3.75. The van der Waals surface area contributed by atoms with Crippen LogP contribution in [0.1, 0.15) is 21.5 Å². The Bertz CT molecular complexity index is 585. The zero-order valence-corrected chi connectivity index (χ0v) is 9.67. The van der Waals surface area contributed by atoms with Crippen molar-refractivity contribution in [2.24, 2.45) is 0 Å². The van der Waals surface area contributed by atoms with Gasteiger partial charge in [-0.05, 0) is 23.8 Å². The molecule has 2 rings (SSSR count). The number of benzene rings is 2. The standard InChI is InChI=1S/C15H11NO2/c16-10-13-7-4-8-14(9-13)15(17)18-11-12-5-2-1-3-6-12/h1-9H,11H2. The molecule has 0 aliphatic heterocycles. The van der Waals surface area contributed by atoms with Gasteiger partial charge in [-0.15, -0.1) is 0 Å². The first kappa shape index (κ1) is 11.9. The third-order valence-electron chi connectivity index (χ3n) is 2.44. The summed E-state index contributed by atoms with van der Waals surface area (Å²) in [5, 5.41) is 8.75. The largest absolute Gasteiger partial charge is 0.457 e. The van der Waals surface area contributed by atoms with Gasteiger partial charge >= 0.3 is 5.97 Å². The molecule has 0 saturated heterocycles. The fraction of sp³-hybridized carbons (Fsp3) is 0.0667. The van der Waals surface area contributed by atoms with E-state index in [9.17, 15) is 4.79 Å². The van der Waals surface area contributed by atoms with Crippen molar-refractivity contribution in [1.82, 2.24) is 0 Å². The van der Waals surface area contributed by atoms with Crippen molar-refractivity contribution < 1.29 is 9.53 Å². The lowest BCUT2D eigenvalue weighted by Crippen LogP contribution is -2.05. The van der Waals surface area contributed by atoms with Crippen LogP contribution in [0.15, 0.2) is 54.6 Å². The highest BCUT2D eigenvalue weighted by atomic mass is 16.5. The molecular weight excluding hydrogens is 226 g/mol. The third-order valence-corrected chi connectivity index (χ3v) is 2.44.